The molecule has 2 unspecified atom stereocenters. The van der Waals surface area contributed by atoms with Crippen LogP contribution in [0.15, 0.2) is 16.9 Å². The van der Waals surface area contributed by atoms with E-state index >= 15 is 0 Å². The third kappa shape index (κ3) is 1.32. The highest BCUT2D eigenvalue weighted by Crippen LogP contribution is 2.35. The molecule has 64 valence electrons. The van der Waals surface area contributed by atoms with Gasteiger partial charge >= 0.3 is 0 Å². The van der Waals surface area contributed by atoms with E-state index < -0.39 is 0 Å². The van der Waals surface area contributed by atoms with Gasteiger partial charge in [0.15, 0.2) is 0 Å². The third-order valence-corrected chi connectivity index (χ3v) is 4.15. The number of hydrogen-bond acceptors (Lipinski definition) is 2. The van der Waals surface area contributed by atoms with Gasteiger partial charge in [0.05, 0.1) is 0 Å². The zero-order valence-corrected chi connectivity index (χ0v) is 9.59. The molecule has 0 spiro atoms. The monoisotopic (exact) mass is 178 g/mol. The van der Waals surface area contributed by atoms with Crippen molar-refractivity contribution in [2.45, 2.75) is 25.7 Å². The van der Waals surface area contributed by atoms with Gasteiger partial charge in [0.25, 0.3) is 16.3 Å². The quantitative estimate of drug-likeness (QED) is 0.543. The molecule has 12 heavy (non-hydrogen) atoms. The molecule has 2 aliphatic rings. The number of allylic oxidation sites excluding steroid dienone is 1. The lowest BCUT2D eigenvalue weighted by molar-refractivity contribution is 0.338. The van der Waals surface area contributed by atoms with E-state index in [4.69, 9.17) is 5.73 Å². The summed E-state index contributed by atoms with van der Waals surface area (Å²) in [7, 11) is 0. The first-order valence-electron chi connectivity index (χ1n) is 4.79. The summed E-state index contributed by atoms with van der Waals surface area (Å²) in [5.74, 6) is 1.36. The van der Waals surface area contributed by atoms with Crippen molar-refractivity contribution in [1.82, 2.24) is 0 Å². The number of nitrogens with zero attached hydrogens (tertiary/aromatic N) is 1. The standard InChI is InChI=1S/C9H13N2.Al.2H/c10-9-6-11-5-7-3-1-2-4-8(7)9;;;/h6-8H,1-4,10H2;;;. The van der Waals surface area contributed by atoms with Crippen LogP contribution in [-0.4, -0.2) is 20.9 Å². The van der Waals surface area contributed by atoms with Crippen LogP contribution in [0.1, 0.15) is 25.7 Å². The minimum absolute atomic E-state index is 0.642. The summed E-state index contributed by atoms with van der Waals surface area (Å²) in [6.07, 6.45) is 7.21. The van der Waals surface area contributed by atoms with Crippen molar-refractivity contribution in [1.29, 1.82) is 0 Å². The van der Waals surface area contributed by atoms with E-state index in [1.165, 1.54) is 30.3 Å². The van der Waals surface area contributed by atoms with Crippen molar-refractivity contribution in [3.05, 3.63) is 11.9 Å². The maximum absolute atomic E-state index is 5.92. The average Bonchev–Trinajstić information content (AvgIpc) is 2.12. The van der Waals surface area contributed by atoms with Gasteiger partial charge in [0, 0.05) is 17.8 Å². The molecule has 1 aliphatic heterocycles. The Morgan fingerprint density at radius 2 is 2.00 bits per heavy atom. The lowest BCUT2D eigenvalue weighted by Crippen LogP contribution is -2.33. The predicted molar refractivity (Wildman–Crippen MR) is 53.7 cm³/mol. The fourth-order valence-electron chi connectivity index (χ4n) is 2.40. The Bertz CT molecular complexity index is 219. The molecule has 0 amide bonds. The van der Waals surface area contributed by atoms with Crippen molar-refractivity contribution >= 4 is 20.9 Å². The Balaban J connectivity index is 2.24. The van der Waals surface area contributed by atoms with Gasteiger partial charge in [-0.3, -0.25) is 4.99 Å². The second kappa shape index (κ2) is 3.24. The molecule has 0 bridgehead atoms. The molecule has 1 saturated carbocycles. The molecule has 0 aromatic heterocycles. The number of aliphatic imine (C=N–C) groups is 1. The largest absolute Gasteiger partial charge is 0.401 e. The summed E-state index contributed by atoms with van der Waals surface area (Å²) in [4.78, 5) is 4.39. The SMILES string of the molecule is NC1=CN=[C]([AlH2])C2CCCCC12. The minimum atomic E-state index is 0.642. The molecule has 3 heteroatoms. The van der Waals surface area contributed by atoms with E-state index in [-0.39, 0.29) is 0 Å². The summed E-state index contributed by atoms with van der Waals surface area (Å²) in [6, 6.07) is 0. The fourth-order valence-corrected chi connectivity index (χ4v) is 3.22. The normalized spacial score (nSPS) is 35.0. The highest BCUT2D eigenvalue weighted by Gasteiger charge is 2.30. The van der Waals surface area contributed by atoms with Crippen LogP contribution < -0.4 is 5.73 Å². The summed E-state index contributed by atoms with van der Waals surface area (Å²) in [6.45, 7) is 0. The topological polar surface area (TPSA) is 38.4 Å². The van der Waals surface area contributed by atoms with Gasteiger partial charge in [-0.05, 0) is 18.8 Å². The van der Waals surface area contributed by atoms with Crippen LogP contribution in [0.4, 0.5) is 0 Å². The molecule has 1 fully saturated rings. The van der Waals surface area contributed by atoms with Crippen LogP contribution in [0.2, 0.25) is 0 Å². The highest BCUT2D eigenvalue weighted by atomic mass is 27.0. The molecule has 2 atom stereocenters. The minimum Gasteiger partial charge on any atom is -0.401 e. The smallest absolute Gasteiger partial charge is 0.283 e. The molecule has 0 radical (unpaired) electrons. The van der Waals surface area contributed by atoms with Gasteiger partial charge in [-0.15, -0.1) is 0 Å². The van der Waals surface area contributed by atoms with Crippen molar-refractivity contribution in [3.8, 4) is 0 Å². The first-order chi connectivity index (χ1) is 5.79. The lowest BCUT2D eigenvalue weighted by Gasteiger charge is -2.34. The van der Waals surface area contributed by atoms with Crippen LogP contribution in [0.3, 0.4) is 0 Å². The van der Waals surface area contributed by atoms with Crippen LogP contribution in [0, 0.1) is 11.8 Å². The van der Waals surface area contributed by atoms with Crippen molar-refractivity contribution in [2.75, 3.05) is 0 Å². The second-order valence-corrected chi connectivity index (χ2v) is 4.92. The van der Waals surface area contributed by atoms with E-state index in [0.717, 1.165) is 27.9 Å². The van der Waals surface area contributed by atoms with E-state index in [1.807, 2.05) is 6.20 Å². The maximum Gasteiger partial charge on any atom is 0.283 e. The van der Waals surface area contributed by atoms with Gasteiger partial charge in [-0.2, -0.15) is 0 Å². The molecule has 2 rings (SSSR count). The highest BCUT2D eigenvalue weighted by molar-refractivity contribution is 6.60. The van der Waals surface area contributed by atoms with Gasteiger partial charge in [-0.1, -0.05) is 17.4 Å². The Morgan fingerprint density at radius 1 is 1.33 bits per heavy atom. The Hall–Kier alpha value is -0.258. The molecular formula is C9H15AlN2. The zero-order valence-electron chi connectivity index (χ0n) is 7.59. The molecule has 1 aliphatic carbocycles. The van der Waals surface area contributed by atoms with E-state index in [2.05, 4.69) is 4.99 Å². The maximum atomic E-state index is 5.92. The number of fused-ring (bicyclic) bond motifs is 1. The number of rotatable bonds is 0. The Morgan fingerprint density at radius 3 is 2.67 bits per heavy atom. The predicted octanol–water partition coefficient (Wildman–Crippen LogP) is 0.638. The molecule has 0 aromatic rings. The fraction of sp³-hybridized carbons (Fsp3) is 0.667. The van der Waals surface area contributed by atoms with Gasteiger partial charge in [-0.25, -0.2) is 0 Å². The number of nitrogens with two attached hydrogens (primary N) is 1. The molecule has 0 aromatic carbocycles. The van der Waals surface area contributed by atoms with Crippen molar-refractivity contribution in [2.24, 2.45) is 22.6 Å². The molecule has 0 saturated heterocycles. The summed E-state index contributed by atoms with van der Waals surface area (Å²) >= 11 is 1.11. The van der Waals surface area contributed by atoms with Crippen LogP contribution in [0.5, 0.6) is 0 Å². The third-order valence-electron chi connectivity index (χ3n) is 3.15. The molecular weight excluding hydrogens is 163 g/mol. The zero-order chi connectivity index (χ0) is 8.55. The molecule has 2 N–H and O–H groups in total. The van der Waals surface area contributed by atoms with Crippen molar-refractivity contribution in [3.63, 3.8) is 0 Å². The second-order valence-electron chi connectivity index (χ2n) is 3.90. The summed E-state index contributed by atoms with van der Waals surface area (Å²) in [5.41, 5.74) is 6.95. The lowest BCUT2D eigenvalue weighted by atomic mass is 9.77. The van der Waals surface area contributed by atoms with E-state index in [0.29, 0.717) is 5.92 Å². The first kappa shape index (κ1) is 8.35. The van der Waals surface area contributed by atoms with E-state index in [1.54, 1.807) is 0 Å². The average molecular weight is 178 g/mol. The Kier molecular flexibility index (Phi) is 2.25. The first-order valence-corrected chi connectivity index (χ1v) is 5.79. The number of hydrogen-bond donors (Lipinski definition) is 1. The Labute approximate surface area is 81.4 Å². The molecule has 1 heterocycles. The summed E-state index contributed by atoms with van der Waals surface area (Å²) < 4.78 is 1.42. The van der Waals surface area contributed by atoms with Crippen LogP contribution in [-0.2, 0) is 0 Å². The van der Waals surface area contributed by atoms with Crippen LogP contribution in [0.25, 0.3) is 0 Å². The van der Waals surface area contributed by atoms with E-state index in [9.17, 15) is 0 Å². The van der Waals surface area contributed by atoms with Gasteiger partial charge in [0.1, 0.15) is 0 Å². The van der Waals surface area contributed by atoms with Gasteiger partial charge in [0.2, 0.25) is 0 Å². The summed E-state index contributed by atoms with van der Waals surface area (Å²) in [5, 5.41) is 0. The van der Waals surface area contributed by atoms with Crippen LogP contribution >= 0.6 is 0 Å². The van der Waals surface area contributed by atoms with Gasteiger partial charge < -0.3 is 5.73 Å². The van der Waals surface area contributed by atoms with Crippen molar-refractivity contribution < 1.29 is 0 Å². The molecule has 2 nitrogen and oxygen atoms in total.